The third-order valence-electron chi connectivity index (χ3n) is 5.95. The quantitative estimate of drug-likeness (QED) is 0.682. The zero-order chi connectivity index (χ0) is 19.3. The van der Waals surface area contributed by atoms with Gasteiger partial charge in [-0.05, 0) is 38.1 Å². The van der Waals surface area contributed by atoms with Gasteiger partial charge in [0.25, 0.3) is 0 Å². The summed E-state index contributed by atoms with van der Waals surface area (Å²) >= 11 is 0. The van der Waals surface area contributed by atoms with E-state index < -0.39 is 9.84 Å². The number of aromatic nitrogens is 2. The summed E-state index contributed by atoms with van der Waals surface area (Å²) in [6.45, 7) is 2.59. The molecule has 2 fully saturated rings. The summed E-state index contributed by atoms with van der Waals surface area (Å²) in [7, 11) is -1.80. The minimum absolute atomic E-state index is 0.138. The van der Waals surface area contributed by atoms with Crippen molar-refractivity contribution in [1.82, 2.24) is 14.5 Å². The highest BCUT2D eigenvalue weighted by atomic mass is 32.2. The third kappa shape index (κ3) is 5.10. The fraction of sp³-hybridized carbons (Fsp3) is 0.842. The maximum absolute atomic E-state index is 13.1. The second-order valence-electron chi connectivity index (χ2n) is 7.91. The maximum Gasteiger partial charge on any atom is 0.227 e. The van der Waals surface area contributed by atoms with E-state index in [0.717, 1.165) is 50.8 Å². The van der Waals surface area contributed by atoms with E-state index >= 15 is 0 Å². The Morgan fingerprint density at radius 3 is 2.70 bits per heavy atom. The Labute approximate surface area is 162 Å². The largest absolute Gasteiger partial charge is 0.395 e. The fourth-order valence-corrected chi connectivity index (χ4v) is 6.31. The smallest absolute Gasteiger partial charge is 0.227 e. The molecular weight excluding hydrogens is 366 g/mol. The summed E-state index contributed by atoms with van der Waals surface area (Å²) in [4.78, 5) is 6.55. The number of methoxy groups -OCH3 is 1. The predicted molar refractivity (Wildman–Crippen MR) is 103 cm³/mol. The monoisotopic (exact) mass is 399 g/mol. The molecule has 0 unspecified atom stereocenters. The minimum Gasteiger partial charge on any atom is -0.395 e. The van der Waals surface area contributed by atoms with E-state index in [1.807, 2.05) is 4.57 Å². The van der Waals surface area contributed by atoms with Crippen molar-refractivity contribution < 1.29 is 18.3 Å². The first-order valence-corrected chi connectivity index (χ1v) is 11.8. The van der Waals surface area contributed by atoms with Gasteiger partial charge in [-0.1, -0.05) is 19.3 Å². The van der Waals surface area contributed by atoms with Crippen molar-refractivity contribution in [1.29, 1.82) is 0 Å². The van der Waals surface area contributed by atoms with Gasteiger partial charge in [0.15, 0.2) is 0 Å². The van der Waals surface area contributed by atoms with E-state index in [0.29, 0.717) is 19.7 Å². The number of imidazole rings is 1. The van der Waals surface area contributed by atoms with E-state index in [-0.39, 0.29) is 29.5 Å². The average molecular weight is 400 g/mol. The van der Waals surface area contributed by atoms with E-state index in [2.05, 4.69) is 9.88 Å². The van der Waals surface area contributed by atoms with Gasteiger partial charge in [0.1, 0.15) is 0 Å². The second-order valence-corrected chi connectivity index (χ2v) is 9.84. The van der Waals surface area contributed by atoms with Crippen molar-refractivity contribution in [2.24, 2.45) is 5.92 Å². The van der Waals surface area contributed by atoms with Gasteiger partial charge >= 0.3 is 0 Å². The van der Waals surface area contributed by atoms with Crippen LogP contribution in [0.1, 0.15) is 50.6 Å². The normalized spacial score (nSPS) is 22.5. The van der Waals surface area contributed by atoms with Gasteiger partial charge in [0, 0.05) is 26.2 Å². The van der Waals surface area contributed by atoms with Gasteiger partial charge in [-0.3, -0.25) is 4.90 Å². The van der Waals surface area contributed by atoms with Gasteiger partial charge in [0.2, 0.25) is 15.0 Å². The lowest BCUT2D eigenvalue weighted by molar-refractivity contribution is 0.148. The molecule has 1 atom stereocenters. The number of hydrogen-bond donors (Lipinski definition) is 1. The number of likely N-dealkylation sites (tertiary alicyclic amines) is 1. The first-order valence-electron chi connectivity index (χ1n) is 10.2. The molecule has 3 rings (SSSR count). The molecule has 7 nitrogen and oxygen atoms in total. The van der Waals surface area contributed by atoms with Crippen molar-refractivity contribution in [2.75, 3.05) is 32.6 Å². The topological polar surface area (TPSA) is 84.7 Å². The van der Waals surface area contributed by atoms with E-state index in [4.69, 9.17) is 4.74 Å². The number of ether oxygens (including phenoxy) is 1. The zero-order valence-electron chi connectivity index (χ0n) is 16.3. The number of sulfone groups is 1. The Hall–Kier alpha value is -0.960. The molecule has 0 amide bonds. The Kier molecular flexibility index (Phi) is 7.30. The highest BCUT2D eigenvalue weighted by molar-refractivity contribution is 7.91. The summed E-state index contributed by atoms with van der Waals surface area (Å²) in [6, 6.07) is 0.151. The highest BCUT2D eigenvalue weighted by Gasteiger charge is 2.30. The van der Waals surface area contributed by atoms with Crippen LogP contribution in [0.2, 0.25) is 0 Å². The van der Waals surface area contributed by atoms with Gasteiger partial charge in [-0.25, -0.2) is 13.4 Å². The van der Waals surface area contributed by atoms with E-state index in [9.17, 15) is 13.5 Å². The van der Waals surface area contributed by atoms with Crippen LogP contribution in [0.5, 0.6) is 0 Å². The van der Waals surface area contributed by atoms with Crippen LogP contribution >= 0.6 is 0 Å². The van der Waals surface area contributed by atoms with Crippen LogP contribution in [0.3, 0.4) is 0 Å². The van der Waals surface area contributed by atoms with Crippen molar-refractivity contribution in [3.05, 3.63) is 11.9 Å². The fourth-order valence-electron chi connectivity index (χ4n) is 4.44. The predicted octanol–water partition coefficient (Wildman–Crippen LogP) is 1.84. The molecule has 154 valence electrons. The molecule has 1 saturated heterocycles. The second kappa shape index (κ2) is 9.49. The van der Waals surface area contributed by atoms with Gasteiger partial charge in [0.05, 0.1) is 30.9 Å². The SMILES string of the molecule is COCCn1c(CN2CCC[C@H]2CO)cnc1S(=O)(=O)CC1CCCCC1. The van der Waals surface area contributed by atoms with Crippen LogP contribution in [-0.4, -0.2) is 66.6 Å². The highest BCUT2D eigenvalue weighted by Crippen LogP contribution is 2.28. The van der Waals surface area contributed by atoms with Gasteiger partial charge in [-0.2, -0.15) is 0 Å². The molecule has 1 aliphatic carbocycles. The first-order chi connectivity index (χ1) is 13.0. The molecular formula is C19H33N3O4S. The van der Waals surface area contributed by atoms with Crippen LogP contribution in [-0.2, 0) is 27.7 Å². The molecule has 0 spiro atoms. The molecule has 1 aliphatic heterocycles. The summed E-state index contributed by atoms with van der Waals surface area (Å²) in [5.41, 5.74) is 0.884. The van der Waals surface area contributed by atoms with Crippen molar-refractivity contribution >= 4 is 9.84 Å². The molecule has 2 aliphatic rings. The number of aliphatic hydroxyl groups excluding tert-OH is 1. The van der Waals surface area contributed by atoms with E-state index in [1.54, 1.807) is 13.3 Å². The van der Waals surface area contributed by atoms with Crippen molar-refractivity contribution in [3.8, 4) is 0 Å². The summed E-state index contributed by atoms with van der Waals surface area (Å²) in [5, 5.41) is 9.74. The molecule has 0 aromatic carbocycles. The maximum atomic E-state index is 13.1. The zero-order valence-corrected chi connectivity index (χ0v) is 17.2. The van der Waals surface area contributed by atoms with Crippen LogP contribution in [0.25, 0.3) is 0 Å². The van der Waals surface area contributed by atoms with Crippen LogP contribution in [0, 0.1) is 5.92 Å². The Morgan fingerprint density at radius 2 is 2.00 bits per heavy atom. The lowest BCUT2D eigenvalue weighted by Crippen LogP contribution is -2.32. The number of nitrogens with zero attached hydrogens (tertiary/aromatic N) is 3. The molecule has 2 heterocycles. The summed E-state index contributed by atoms with van der Waals surface area (Å²) < 4.78 is 33.2. The third-order valence-corrected chi connectivity index (χ3v) is 7.75. The number of rotatable bonds is 9. The Balaban J connectivity index is 1.80. The number of hydrogen-bond acceptors (Lipinski definition) is 6. The van der Waals surface area contributed by atoms with Crippen LogP contribution in [0.4, 0.5) is 0 Å². The molecule has 1 aromatic rings. The first kappa shape index (κ1) is 20.8. The minimum atomic E-state index is -3.42. The van der Waals surface area contributed by atoms with Gasteiger partial charge < -0.3 is 14.4 Å². The van der Waals surface area contributed by atoms with Crippen molar-refractivity contribution in [3.63, 3.8) is 0 Å². The molecule has 27 heavy (non-hydrogen) atoms. The van der Waals surface area contributed by atoms with Crippen LogP contribution < -0.4 is 0 Å². The molecule has 1 aromatic heterocycles. The molecule has 1 saturated carbocycles. The standard InChI is InChI=1S/C19H33N3O4S/c1-26-11-10-22-18(13-21-9-5-8-17(21)14-23)12-20-19(22)27(24,25)15-16-6-3-2-4-7-16/h12,16-17,23H,2-11,13-15H2,1H3/t17-/m0/s1. The number of aliphatic hydroxyl groups is 1. The summed E-state index contributed by atoms with van der Waals surface area (Å²) in [6.07, 6.45) is 9.19. The average Bonchev–Trinajstić information content (AvgIpc) is 3.27. The van der Waals surface area contributed by atoms with Crippen LogP contribution in [0.15, 0.2) is 11.4 Å². The van der Waals surface area contributed by atoms with E-state index in [1.165, 1.54) is 6.42 Å². The molecule has 8 heteroatoms. The molecule has 0 radical (unpaired) electrons. The Morgan fingerprint density at radius 1 is 1.22 bits per heavy atom. The lowest BCUT2D eigenvalue weighted by Gasteiger charge is -2.24. The summed E-state index contributed by atoms with van der Waals surface area (Å²) in [5.74, 6) is 0.441. The Bertz CT molecular complexity index is 698. The van der Waals surface area contributed by atoms with Gasteiger partial charge in [-0.15, -0.1) is 0 Å². The molecule has 1 N–H and O–H groups in total. The lowest BCUT2D eigenvalue weighted by atomic mass is 9.91. The van der Waals surface area contributed by atoms with Crippen molar-refractivity contribution in [2.45, 2.75) is 69.2 Å². The molecule has 0 bridgehead atoms.